The van der Waals surface area contributed by atoms with Crippen molar-refractivity contribution in [2.45, 2.75) is 12.2 Å². The van der Waals surface area contributed by atoms with E-state index in [-0.39, 0.29) is 12.5 Å². The number of nitrogen functional groups attached to an aromatic ring is 1. The third-order valence-corrected chi connectivity index (χ3v) is 3.75. The molecule has 0 atom stereocenters. The van der Waals surface area contributed by atoms with Gasteiger partial charge in [0, 0.05) is 12.0 Å². The van der Waals surface area contributed by atoms with Gasteiger partial charge in [-0.3, -0.25) is 10.2 Å². The number of nitrogens with one attached hydrogen (secondary N) is 1. The number of thioether (sulfide) groups is 1. The van der Waals surface area contributed by atoms with Gasteiger partial charge < -0.3 is 9.52 Å². The van der Waals surface area contributed by atoms with Crippen molar-refractivity contribution in [1.82, 2.24) is 5.43 Å². The Morgan fingerprint density at radius 2 is 2.21 bits per heavy atom. The van der Waals surface area contributed by atoms with Gasteiger partial charge >= 0.3 is 0 Å². The molecular formula is C13H16N2O3S. The Morgan fingerprint density at radius 1 is 1.42 bits per heavy atom. The Hall–Kier alpha value is -1.50. The first-order valence-electron chi connectivity index (χ1n) is 5.98. The summed E-state index contributed by atoms with van der Waals surface area (Å²) in [4.78, 5) is 11.9. The number of carbonyl (C=O) groups excluding carboxylic acids is 1. The molecule has 0 saturated heterocycles. The van der Waals surface area contributed by atoms with Crippen LogP contribution in [0.2, 0.25) is 0 Å². The molecule has 19 heavy (non-hydrogen) atoms. The summed E-state index contributed by atoms with van der Waals surface area (Å²) in [6, 6.07) is 7.38. The number of carbonyl (C=O) groups is 1. The van der Waals surface area contributed by atoms with E-state index in [2.05, 4.69) is 5.43 Å². The van der Waals surface area contributed by atoms with E-state index in [1.807, 2.05) is 24.3 Å². The summed E-state index contributed by atoms with van der Waals surface area (Å²) < 4.78 is 5.70. The van der Waals surface area contributed by atoms with E-state index >= 15 is 0 Å². The number of hydrogen-bond acceptors (Lipinski definition) is 5. The molecule has 0 fully saturated rings. The SMILES string of the molecule is NNC(=O)c1c(CSCCCO)oc2ccccc12. The second-order valence-corrected chi connectivity index (χ2v) is 5.10. The van der Waals surface area contributed by atoms with Gasteiger partial charge in [-0.15, -0.1) is 0 Å². The molecule has 2 aromatic rings. The number of hydrogen-bond donors (Lipinski definition) is 3. The van der Waals surface area contributed by atoms with Crippen molar-refractivity contribution in [3.05, 3.63) is 35.6 Å². The zero-order chi connectivity index (χ0) is 13.7. The summed E-state index contributed by atoms with van der Waals surface area (Å²) in [6.45, 7) is 0.170. The van der Waals surface area contributed by atoms with Gasteiger partial charge in [-0.25, -0.2) is 5.84 Å². The Balaban J connectivity index is 2.28. The van der Waals surface area contributed by atoms with E-state index in [1.165, 1.54) is 0 Å². The van der Waals surface area contributed by atoms with Crippen LogP contribution in [0, 0.1) is 0 Å². The summed E-state index contributed by atoms with van der Waals surface area (Å²) in [7, 11) is 0. The molecule has 1 aromatic carbocycles. The van der Waals surface area contributed by atoms with Gasteiger partial charge in [0.05, 0.1) is 11.3 Å². The summed E-state index contributed by atoms with van der Waals surface area (Å²) in [5, 5.41) is 9.51. The first-order valence-corrected chi connectivity index (χ1v) is 7.13. The molecular weight excluding hydrogens is 264 g/mol. The molecule has 0 aliphatic heterocycles. The summed E-state index contributed by atoms with van der Waals surface area (Å²) in [5.74, 6) is 6.89. The van der Waals surface area contributed by atoms with Gasteiger partial charge in [-0.1, -0.05) is 18.2 Å². The van der Waals surface area contributed by atoms with E-state index in [0.717, 1.165) is 17.6 Å². The molecule has 0 bridgehead atoms. The number of aliphatic hydroxyl groups is 1. The zero-order valence-corrected chi connectivity index (χ0v) is 11.2. The maximum Gasteiger partial charge on any atom is 0.269 e. The number of furan rings is 1. The normalized spacial score (nSPS) is 10.8. The van der Waals surface area contributed by atoms with Crippen molar-refractivity contribution in [1.29, 1.82) is 0 Å². The van der Waals surface area contributed by atoms with Crippen LogP contribution in [0.15, 0.2) is 28.7 Å². The first kappa shape index (κ1) is 13.9. The third-order valence-electron chi connectivity index (χ3n) is 2.71. The molecule has 1 aromatic heterocycles. The topological polar surface area (TPSA) is 88.5 Å². The Labute approximate surface area is 115 Å². The van der Waals surface area contributed by atoms with Crippen LogP contribution in [0.1, 0.15) is 22.5 Å². The van der Waals surface area contributed by atoms with Crippen LogP contribution in [0.4, 0.5) is 0 Å². The van der Waals surface area contributed by atoms with E-state index in [1.54, 1.807) is 11.8 Å². The lowest BCUT2D eigenvalue weighted by atomic mass is 10.1. The van der Waals surface area contributed by atoms with Crippen LogP contribution in [0.25, 0.3) is 11.0 Å². The average molecular weight is 280 g/mol. The predicted octanol–water partition coefficient (Wildman–Crippen LogP) is 1.65. The average Bonchev–Trinajstić information content (AvgIpc) is 2.81. The lowest BCUT2D eigenvalue weighted by Gasteiger charge is -2.01. The fraction of sp³-hybridized carbons (Fsp3) is 0.308. The molecule has 4 N–H and O–H groups in total. The van der Waals surface area contributed by atoms with E-state index in [9.17, 15) is 4.79 Å². The number of hydrazine groups is 1. The smallest absolute Gasteiger partial charge is 0.269 e. The molecule has 0 unspecified atom stereocenters. The molecule has 2 rings (SSSR count). The maximum atomic E-state index is 11.9. The largest absolute Gasteiger partial charge is 0.459 e. The fourth-order valence-corrected chi connectivity index (χ4v) is 2.72. The van der Waals surface area contributed by atoms with Crippen molar-refractivity contribution in [3.8, 4) is 0 Å². The minimum absolute atomic E-state index is 0.170. The molecule has 0 spiro atoms. The molecule has 102 valence electrons. The first-order chi connectivity index (χ1) is 9.27. The number of para-hydroxylation sites is 1. The minimum Gasteiger partial charge on any atom is -0.459 e. The molecule has 0 radical (unpaired) electrons. The molecule has 5 nitrogen and oxygen atoms in total. The lowest BCUT2D eigenvalue weighted by Crippen LogP contribution is -2.30. The van der Waals surface area contributed by atoms with Gasteiger partial charge in [-0.05, 0) is 18.2 Å². The Morgan fingerprint density at radius 3 is 2.95 bits per heavy atom. The molecule has 0 aliphatic carbocycles. The van der Waals surface area contributed by atoms with Crippen LogP contribution in [-0.2, 0) is 5.75 Å². The minimum atomic E-state index is -0.345. The summed E-state index contributed by atoms with van der Waals surface area (Å²) in [6.07, 6.45) is 0.726. The highest BCUT2D eigenvalue weighted by Gasteiger charge is 2.19. The maximum absolute atomic E-state index is 11.9. The van der Waals surface area contributed by atoms with E-state index in [4.69, 9.17) is 15.4 Å². The Bertz CT molecular complexity index is 568. The van der Waals surface area contributed by atoms with Crippen molar-refractivity contribution < 1.29 is 14.3 Å². The quantitative estimate of drug-likeness (QED) is 0.324. The molecule has 1 amide bonds. The second kappa shape index (κ2) is 6.60. The van der Waals surface area contributed by atoms with Crippen LogP contribution in [0.5, 0.6) is 0 Å². The van der Waals surface area contributed by atoms with Crippen LogP contribution in [-0.4, -0.2) is 23.4 Å². The highest BCUT2D eigenvalue weighted by molar-refractivity contribution is 7.98. The van der Waals surface area contributed by atoms with E-state index < -0.39 is 0 Å². The highest BCUT2D eigenvalue weighted by atomic mass is 32.2. The van der Waals surface area contributed by atoms with Gasteiger partial charge in [0.2, 0.25) is 0 Å². The summed E-state index contributed by atoms with van der Waals surface area (Å²) >= 11 is 1.61. The number of aliphatic hydroxyl groups excluding tert-OH is 1. The van der Waals surface area contributed by atoms with Crippen molar-refractivity contribution in [3.63, 3.8) is 0 Å². The monoisotopic (exact) mass is 280 g/mol. The van der Waals surface area contributed by atoms with Gasteiger partial charge in [0.1, 0.15) is 11.3 Å². The highest BCUT2D eigenvalue weighted by Crippen LogP contribution is 2.28. The number of benzene rings is 1. The van der Waals surface area contributed by atoms with Crippen LogP contribution >= 0.6 is 11.8 Å². The van der Waals surface area contributed by atoms with Gasteiger partial charge in [-0.2, -0.15) is 11.8 Å². The fourth-order valence-electron chi connectivity index (χ4n) is 1.85. The zero-order valence-electron chi connectivity index (χ0n) is 10.4. The van der Waals surface area contributed by atoms with Crippen LogP contribution in [0.3, 0.4) is 0 Å². The molecule has 6 heteroatoms. The Kier molecular flexibility index (Phi) is 4.84. The predicted molar refractivity (Wildman–Crippen MR) is 75.7 cm³/mol. The van der Waals surface area contributed by atoms with Crippen LogP contribution < -0.4 is 11.3 Å². The van der Waals surface area contributed by atoms with Crippen molar-refractivity contribution >= 4 is 28.6 Å². The second-order valence-electron chi connectivity index (χ2n) is 4.00. The summed E-state index contributed by atoms with van der Waals surface area (Å²) in [5.41, 5.74) is 3.33. The number of amides is 1. The lowest BCUT2D eigenvalue weighted by molar-refractivity contribution is 0.0953. The third kappa shape index (κ3) is 3.09. The number of fused-ring (bicyclic) bond motifs is 1. The molecule has 1 heterocycles. The molecule has 0 saturated carbocycles. The number of rotatable bonds is 6. The van der Waals surface area contributed by atoms with Crippen molar-refractivity contribution in [2.75, 3.05) is 12.4 Å². The van der Waals surface area contributed by atoms with E-state index in [0.29, 0.717) is 22.7 Å². The molecule has 0 aliphatic rings. The van der Waals surface area contributed by atoms with Crippen molar-refractivity contribution in [2.24, 2.45) is 5.84 Å². The number of nitrogens with two attached hydrogens (primary N) is 1. The standard InChI is InChI=1S/C13H16N2O3S/c14-15-13(17)12-9-4-1-2-5-10(9)18-11(12)8-19-7-3-6-16/h1-2,4-5,16H,3,6-8,14H2,(H,15,17). The van der Waals surface area contributed by atoms with Gasteiger partial charge in [0.15, 0.2) is 0 Å². The van der Waals surface area contributed by atoms with Gasteiger partial charge in [0.25, 0.3) is 5.91 Å².